The Kier molecular flexibility index (Phi) is 5.17. The summed E-state index contributed by atoms with van der Waals surface area (Å²) >= 11 is 0. The summed E-state index contributed by atoms with van der Waals surface area (Å²) in [5, 5.41) is 11.4. The van der Waals surface area contributed by atoms with E-state index in [1.165, 1.54) is 18.2 Å². The number of nitrogens with zero attached hydrogens (tertiary/aromatic N) is 2. The second-order valence-corrected chi connectivity index (χ2v) is 5.27. The molecule has 0 spiro atoms. The first-order chi connectivity index (χ1) is 11.7. The molecule has 0 aliphatic rings. The van der Waals surface area contributed by atoms with E-state index < -0.39 is 17.6 Å². The molecule has 130 valence electrons. The standard InChI is InChI=1S/C17H14F3N3O2/c1-23(2)15-7-6-14(25-15)8-11(10-21)16(24)22-13-5-3-4-12(9-13)17(18,19)20/h3-9H,1-2H3,(H,22,24). The van der Waals surface area contributed by atoms with E-state index in [1.807, 2.05) is 0 Å². The highest BCUT2D eigenvalue weighted by atomic mass is 19.4. The molecule has 1 heterocycles. The zero-order valence-corrected chi connectivity index (χ0v) is 13.4. The van der Waals surface area contributed by atoms with Crippen molar-refractivity contribution >= 4 is 23.6 Å². The van der Waals surface area contributed by atoms with Gasteiger partial charge in [0.15, 0.2) is 5.88 Å². The molecule has 25 heavy (non-hydrogen) atoms. The van der Waals surface area contributed by atoms with Crippen LogP contribution in [0.15, 0.2) is 46.4 Å². The highest BCUT2D eigenvalue weighted by Gasteiger charge is 2.30. The van der Waals surface area contributed by atoms with Gasteiger partial charge in [-0.1, -0.05) is 6.07 Å². The third kappa shape index (κ3) is 4.64. The van der Waals surface area contributed by atoms with E-state index in [-0.39, 0.29) is 17.0 Å². The summed E-state index contributed by atoms with van der Waals surface area (Å²) in [7, 11) is 3.52. The number of anilines is 2. The number of benzene rings is 1. The van der Waals surface area contributed by atoms with Crippen molar-refractivity contribution in [2.24, 2.45) is 0 Å². The third-order valence-corrected chi connectivity index (χ3v) is 3.15. The SMILES string of the molecule is CN(C)c1ccc(C=C(C#N)C(=O)Nc2cccc(C(F)(F)F)c2)o1. The van der Waals surface area contributed by atoms with Crippen LogP contribution in [0.1, 0.15) is 11.3 Å². The molecular formula is C17H14F3N3O2. The molecule has 0 bridgehead atoms. The Labute approximate surface area is 142 Å². The fourth-order valence-electron chi connectivity index (χ4n) is 1.92. The van der Waals surface area contributed by atoms with Gasteiger partial charge in [0.2, 0.25) is 0 Å². The van der Waals surface area contributed by atoms with Crippen LogP contribution in [0.5, 0.6) is 0 Å². The van der Waals surface area contributed by atoms with Gasteiger partial charge in [-0.05, 0) is 24.3 Å². The smallest absolute Gasteiger partial charge is 0.416 e. The van der Waals surface area contributed by atoms with Crippen LogP contribution >= 0.6 is 0 Å². The monoisotopic (exact) mass is 349 g/mol. The number of carbonyl (C=O) groups is 1. The summed E-state index contributed by atoms with van der Waals surface area (Å²) in [5.74, 6) is -0.0223. The van der Waals surface area contributed by atoms with Crippen LogP contribution in [0, 0.1) is 11.3 Å². The van der Waals surface area contributed by atoms with Crippen molar-refractivity contribution in [3.05, 3.63) is 53.3 Å². The van der Waals surface area contributed by atoms with Gasteiger partial charge < -0.3 is 14.6 Å². The van der Waals surface area contributed by atoms with Crippen molar-refractivity contribution < 1.29 is 22.4 Å². The number of hydrogen-bond acceptors (Lipinski definition) is 4. The van der Waals surface area contributed by atoms with Crippen molar-refractivity contribution in [2.45, 2.75) is 6.18 Å². The van der Waals surface area contributed by atoms with Crippen molar-refractivity contribution in [2.75, 3.05) is 24.3 Å². The number of hydrogen-bond donors (Lipinski definition) is 1. The van der Waals surface area contributed by atoms with Crippen LogP contribution in [-0.2, 0) is 11.0 Å². The summed E-state index contributed by atoms with van der Waals surface area (Å²) in [6, 6.07) is 9.10. The van der Waals surface area contributed by atoms with E-state index in [9.17, 15) is 18.0 Å². The molecule has 1 N–H and O–H groups in total. The van der Waals surface area contributed by atoms with Gasteiger partial charge in [-0.25, -0.2) is 0 Å². The molecule has 8 heteroatoms. The van der Waals surface area contributed by atoms with Crippen molar-refractivity contribution in [1.29, 1.82) is 5.26 Å². The maximum Gasteiger partial charge on any atom is 0.416 e. The predicted molar refractivity (Wildman–Crippen MR) is 86.7 cm³/mol. The molecule has 5 nitrogen and oxygen atoms in total. The summed E-state index contributed by atoms with van der Waals surface area (Å²) in [6.07, 6.45) is -3.30. The van der Waals surface area contributed by atoms with Gasteiger partial charge in [-0.15, -0.1) is 0 Å². The molecule has 0 saturated heterocycles. The Morgan fingerprint density at radius 1 is 1.28 bits per heavy atom. The average Bonchev–Trinajstić information content (AvgIpc) is 3.01. The molecule has 1 amide bonds. The Morgan fingerprint density at radius 2 is 2.00 bits per heavy atom. The maximum absolute atomic E-state index is 12.7. The Balaban J connectivity index is 2.20. The number of halogens is 3. The molecule has 0 radical (unpaired) electrons. The largest absolute Gasteiger partial charge is 0.441 e. The lowest BCUT2D eigenvalue weighted by atomic mass is 10.1. The molecule has 0 aliphatic heterocycles. The van der Waals surface area contributed by atoms with Crippen molar-refractivity contribution in [3.63, 3.8) is 0 Å². The van der Waals surface area contributed by atoms with Gasteiger partial charge in [0, 0.05) is 31.9 Å². The average molecular weight is 349 g/mol. The second kappa shape index (κ2) is 7.13. The van der Waals surface area contributed by atoms with Crippen LogP contribution in [-0.4, -0.2) is 20.0 Å². The number of amides is 1. The zero-order valence-electron chi connectivity index (χ0n) is 13.4. The number of alkyl halides is 3. The minimum atomic E-state index is -4.52. The van der Waals surface area contributed by atoms with E-state index >= 15 is 0 Å². The number of nitriles is 1. The van der Waals surface area contributed by atoms with Crippen molar-refractivity contribution in [1.82, 2.24) is 0 Å². The normalized spacial score (nSPS) is 11.8. The van der Waals surface area contributed by atoms with Crippen molar-refractivity contribution in [3.8, 4) is 6.07 Å². The fraction of sp³-hybridized carbons (Fsp3) is 0.176. The van der Waals surface area contributed by atoms with Gasteiger partial charge >= 0.3 is 6.18 Å². The highest BCUT2D eigenvalue weighted by molar-refractivity contribution is 6.09. The Morgan fingerprint density at radius 3 is 2.56 bits per heavy atom. The van der Waals surface area contributed by atoms with Gasteiger partial charge in [-0.2, -0.15) is 18.4 Å². The summed E-state index contributed by atoms with van der Waals surface area (Å²) in [5.41, 5.74) is -1.25. The molecule has 0 atom stereocenters. The van der Waals surface area contributed by atoms with E-state index in [1.54, 1.807) is 37.2 Å². The first-order valence-corrected chi connectivity index (χ1v) is 7.08. The summed E-state index contributed by atoms with van der Waals surface area (Å²) < 4.78 is 43.5. The Hall–Kier alpha value is -3.21. The number of rotatable bonds is 4. The van der Waals surface area contributed by atoms with E-state index in [2.05, 4.69) is 5.32 Å². The first-order valence-electron chi connectivity index (χ1n) is 7.08. The maximum atomic E-state index is 12.7. The lowest BCUT2D eigenvalue weighted by Gasteiger charge is -2.09. The molecule has 0 aliphatic carbocycles. The highest BCUT2D eigenvalue weighted by Crippen LogP contribution is 2.30. The summed E-state index contributed by atoms with van der Waals surface area (Å²) in [4.78, 5) is 13.8. The minimum Gasteiger partial charge on any atom is -0.441 e. The molecule has 1 aromatic carbocycles. The third-order valence-electron chi connectivity index (χ3n) is 3.15. The molecule has 0 saturated carbocycles. The number of furan rings is 1. The lowest BCUT2D eigenvalue weighted by molar-refractivity contribution is -0.137. The minimum absolute atomic E-state index is 0.0607. The van der Waals surface area contributed by atoms with E-state index in [4.69, 9.17) is 9.68 Å². The Bertz CT molecular complexity index is 845. The van der Waals surface area contributed by atoms with Gasteiger partial charge in [-0.3, -0.25) is 4.79 Å². The molecule has 2 aromatic rings. The van der Waals surface area contributed by atoms with Gasteiger partial charge in [0.05, 0.1) is 5.56 Å². The topological polar surface area (TPSA) is 69.3 Å². The lowest BCUT2D eigenvalue weighted by Crippen LogP contribution is -2.14. The zero-order chi connectivity index (χ0) is 18.6. The number of carbonyl (C=O) groups excluding carboxylic acids is 1. The molecule has 1 aromatic heterocycles. The molecular weight excluding hydrogens is 335 g/mol. The van der Waals surface area contributed by atoms with Crippen LogP contribution < -0.4 is 10.2 Å². The van der Waals surface area contributed by atoms with Crippen LogP contribution in [0.25, 0.3) is 6.08 Å². The van der Waals surface area contributed by atoms with E-state index in [0.29, 0.717) is 5.88 Å². The fourth-order valence-corrected chi connectivity index (χ4v) is 1.92. The summed E-state index contributed by atoms with van der Waals surface area (Å²) in [6.45, 7) is 0. The quantitative estimate of drug-likeness (QED) is 0.671. The number of nitrogens with one attached hydrogen (secondary N) is 1. The van der Waals surface area contributed by atoms with Gasteiger partial charge in [0.1, 0.15) is 17.4 Å². The van der Waals surface area contributed by atoms with E-state index in [0.717, 1.165) is 12.1 Å². The first kappa shape index (κ1) is 18.1. The van der Waals surface area contributed by atoms with Gasteiger partial charge in [0.25, 0.3) is 5.91 Å². The van der Waals surface area contributed by atoms with Crippen LogP contribution in [0.3, 0.4) is 0 Å². The van der Waals surface area contributed by atoms with Crippen LogP contribution in [0.4, 0.5) is 24.7 Å². The molecule has 2 rings (SSSR count). The molecule has 0 fully saturated rings. The second-order valence-electron chi connectivity index (χ2n) is 5.27. The van der Waals surface area contributed by atoms with Crippen LogP contribution in [0.2, 0.25) is 0 Å². The molecule has 0 unspecified atom stereocenters. The predicted octanol–water partition coefficient (Wildman–Crippen LogP) is 3.91.